The molecule has 9 heteroatoms. The van der Waals surface area contributed by atoms with Crippen molar-refractivity contribution < 1.29 is 34.8 Å². The highest BCUT2D eigenvalue weighted by atomic mass is 16.4. The smallest absolute Gasteiger partial charge is 0.328 e. The number of aliphatic hydroxyl groups excluding tert-OH is 1. The Morgan fingerprint density at radius 3 is 2.22 bits per heavy atom. The lowest BCUT2D eigenvalue weighted by molar-refractivity contribution is -0.145. The Labute approximate surface area is 131 Å². The van der Waals surface area contributed by atoms with Crippen LogP contribution in [0, 0.1) is 0 Å². The summed E-state index contributed by atoms with van der Waals surface area (Å²) in [5, 5.41) is 41.4. The number of aliphatic hydroxyl groups is 1. The van der Waals surface area contributed by atoms with Crippen molar-refractivity contribution in [3.8, 4) is 11.5 Å². The first-order valence-corrected chi connectivity index (χ1v) is 6.68. The molecule has 0 heterocycles. The number of aromatic hydroxyl groups is 2. The quantitative estimate of drug-likeness (QED) is 0.372. The molecule has 0 fully saturated rings. The lowest BCUT2D eigenvalue weighted by atomic mass is 10.1. The molecule has 0 spiro atoms. The van der Waals surface area contributed by atoms with E-state index in [4.69, 9.17) is 5.11 Å². The second-order valence-corrected chi connectivity index (χ2v) is 4.93. The van der Waals surface area contributed by atoms with Crippen molar-refractivity contribution in [2.24, 2.45) is 0 Å². The number of benzene rings is 1. The fraction of sp³-hybridized carbons (Fsp3) is 0.357. The first-order valence-electron chi connectivity index (χ1n) is 6.68. The maximum Gasteiger partial charge on any atom is 0.328 e. The number of nitrogens with one attached hydrogen (secondary N) is 2. The van der Waals surface area contributed by atoms with Crippen LogP contribution in [0.15, 0.2) is 18.2 Å². The Bertz CT molecular complexity index is 615. The van der Waals surface area contributed by atoms with Crippen LogP contribution in [0.25, 0.3) is 0 Å². The molecule has 0 bridgehead atoms. The number of hydrogen-bond acceptors (Lipinski definition) is 6. The van der Waals surface area contributed by atoms with Crippen molar-refractivity contribution in [2.45, 2.75) is 32.0 Å². The highest BCUT2D eigenvalue weighted by Gasteiger charge is 2.28. The third-order valence-corrected chi connectivity index (χ3v) is 3.05. The molecule has 0 aliphatic rings. The van der Waals surface area contributed by atoms with Gasteiger partial charge in [-0.2, -0.15) is 0 Å². The largest absolute Gasteiger partial charge is 0.504 e. The van der Waals surface area contributed by atoms with E-state index < -0.39 is 47.5 Å². The van der Waals surface area contributed by atoms with Crippen molar-refractivity contribution in [3.63, 3.8) is 0 Å². The van der Waals surface area contributed by atoms with Crippen molar-refractivity contribution in [1.29, 1.82) is 0 Å². The van der Waals surface area contributed by atoms with Gasteiger partial charge in [0, 0.05) is 0 Å². The average Bonchev–Trinajstić information content (AvgIpc) is 2.46. The van der Waals surface area contributed by atoms with Gasteiger partial charge in [0.05, 0.1) is 11.7 Å². The van der Waals surface area contributed by atoms with E-state index in [0.717, 1.165) is 0 Å². The molecule has 1 aromatic rings. The Morgan fingerprint density at radius 2 is 1.70 bits per heavy atom. The number of carboxylic acids is 1. The monoisotopic (exact) mass is 326 g/mol. The van der Waals surface area contributed by atoms with Gasteiger partial charge in [0.15, 0.2) is 17.5 Å². The maximum atomic E-state index is 12.0. The molecule has 1 aromatic carbocycles. The summed E-state index contributed by atoms with van der Waals surface area (Å²) in [5.41, 5.74) is -0.241. The molecule has 0 saturated heterocycles. The number of carbonyl (C=O) groups is 3. The Kier molecular flexibility index (Phi) is 5.91. The first kappa shape index (κ1) is 18.2. The summed E-state index contributed by atoms with van der Waals surface area (Å²) in [6.07, 6.45) is -1.32. The first-order chi connectivity index (χ1) is 10.6. The molecule has 2 amide bonds. The number of phenols is 2. The summed E-state index contributed by atoms with van der Waals surface area (Å²) >= 11 is 0. The van der Waals surface area contributed by atoms with E-state index in [0.29, 0.717) is 0 Å². The number of amides is 2. The summed E-state index contributed by atoms with van der Waals surface area (Å²) in [6, 6.07) is 1.11. The topological polar surface area (TPSA) is 156 Å². The zero-order valence-electron chi connectivity index (χ0n) is 12.5. The van der Waals surface area contributed by atoms with Crippen LogP contribution in [0.3, 0.4) is 0 Å². The fourth-order valence-electron chi connectivity index (χ4n) is 1.72. The van der Waals surface area contributed by atoms with E-state index in [1.807, 2.05) is 0 Å². The van der Waals surface area contributed by atoms with E-state index in [2.05, 4.69) is 10.6 Å². The minimum Gasteiger partial charge on any atom is -0.504 e. The molecular formula is C14H18N2O7. The number of carbonyl (C=O) groups excluding carboxylic acids is 2. The zero-order chi connectivity index (χ0) is 17.7. The van der Waals surface area contributed by atoms with Gasteiger partial charge in [0.25, 0.3) is 5.91 Å². The van der Waals surface area contributed by atoms with Gasteiger partial charge in [-0.15, -0.1) is 0 Å². The van der Waals surface area contributed by atoms with Crippen LogP contribution in [0.4, 0.5) is 0 Å². The van der Waals surface area contributed by atoms with Gasteiger partial charge < -0.3 is 31.1 Å². The Balaban J connectivity index is 2.76. The molecule has 0 aromatic heterocycles. The van der Waals surface area contributed by atoms with E-state index in [9.17, 15) is 29.7 Å². The van der Waals surface area contributed by atoms with E-state index >= 15 is 0 Å². The van der Waals surface area contributed by atoms with Crippen molar-refractivity contribution in [3.05, 3.63) is 23.8 Å². The van der Waals surface area contributed by atoms with E-state index in [1.54, 1.807) is 0 Å². The van der Waals surface area contributed by atoms with Crippen LogP contribution in [0.1, 0.15) is 24.2 Å². The normalized spacial score (nSPS) is 14.4. The van der Waals surface area contributed by atoms with Crippen LogP contribution in [-0.4, -0.2) is 56.4 Å². The highest BCUT2D eigenvalue weighted by Crippen LogP contribution is 2.27. The van der Waals surface area contributed by atoms with Crippen LogP contribution in [0.5, 0.6) is 11.5 Å². The SMILES string of the molecule is CC(NC(=O)c1cccc(O)c1O)C(=O)NC(C(=O)O)C(C)O. The zero-order valence-corrected chi connectivity index (χ0v) is 12.5. The Hall–Kier alpha value is -2.81. The predicted molar refractivity (Wildman–Crippen MR) is 77.9 cm³/mol. The van der Waals surface area contributed by atoms with Crippen molar-refractivity contribution >= 4 is 17.8 Å². The second-order valence-electron chi connectivity index (χ2n) is 4.93. The molecule has 1 rings (SSSR count). The third kappa shape index (κ3) is 4.58. The third-order valence-electron chi connectivity index (χ3n) is 3.05. The molecule has 0 aliphatic carbocycles. The van der Waals surface area contributed by atoms with Crippen LogP contribution < -0.4 is 10.6 Å². The molecule has 0 radical (unpaired) electrons. The summed E-state index contributed by atoms with van der Waals surface area (Å²) in [6.45, 7) is 2.50. The van der Waals surface area contributed by atoms with Gasteiger partial charge in [-0.05, 0) is 26.0 Å². The lowest BCUT2D eigenvalue weighted by Crippen LogP contribution is -2.53. The number of carboxylic acid groups (broad SMARTS) is 1. The number of hydrogen-bond donors (Lipinski definition) is 6. The second kappa shape index (κ2) is 7.45. The summed E-state index contributed by atoms with van der Waals surface area (Å²) in [7, 11) is 0. The minimum absolute atomic E-state index is 0.241. The molecule has 0 saturated carbocycles. The summed E-state index contributed by atoms with van der Waals surface area (Å²) in [5.74, 6) is -4.20. The summed E-state index contributed by atoms with van der Waals surface area (Å²) in [4.78, 5) is 34.7. The molecule has 3 atom stereocenters. The highest BCUT2D eigenvalue weighted by molar-refractivity contribution is 6.00. The molecule has 3 unspecified atom stereocenters. The van der Waals surface area contributed by atoms with Crippen LogP contribution >= 0.6 is 0 Å². The number of aliphatic carboxylic acids is 1. The number of rotatable bonds is 6. The maximum absolute atomic E-state index is 12.0. The summed E-state index contributed by atoms with van der Waals surface area (Å²) < 4.78 is 0. The van der Waals surface area contributed by atoms with E-state index in [1.165, 1.54) is 32.0 Å². The molecule has 23 heavy (non-hydrogen) atoms. The molecule has 126 valence electrons. The number of para-hydroxylation sites is 1. The van der Waals surface area contributed by atoms with Gasteiger partial charge in [-0.3, -0.25) is 9.59 Å². The standard InChI is InChI=1S/C14H18N2O7/c1-6(12(20)16-10(7(2)17)14(22)23)15-13(21)8-4-3-5-9(18)11(8)19/h3-7,10,17-19H,1-2H3,(H,15,21)(H,16,20)(H,22,23). The minimum atomic E-state index is -1.52. The lowest BCUT2D eigenvalue weighted by Gasteiger charge is -2.20. The van der Waals surface area contributed by atoms with Crippen molar-refractivity contribution in [1.82, 2.24) is 10.6 Å². The van der Waals surface area contributed by atoms with Gasteiger partial charge in [0.2, 0.25) is 5.91 Å². The van der Waals surface area contributed by atoms with Gasteiger partial charge in [0.1, 0.15) is 6.04 Å². The number of phenolic OH excluding ortho intramolecular Hbond substituents is 2. The van der Waals surface area contributed by atoms with Gasteiger partial charge in [-0.1, -0.05) is 6.07 Å². The molecular weight excluding hydrogens is 308 g/mol. The van der Waals surface area contributed by atoms with Crippen LogP contribution in [-0.2, 0) is 9.59 Å². The van der Waals surface area contributed by atoms with Gasteiger partial charge in [-0.25, -0.2) is 4.79 Å². The molecule has 0 aliphatic heterocycles. The van der Waals surface area contributed by atoms with E-state index in [-0.39, 0.29) is 5.56 Å². The van der Waals surface area contributed by atoms with Crippen molar-refractivity contribution in [2.75, 3.05) is 0 Å². The van der Waals surface area contributed by atoms with Crippen LogP contribution in [0.2, 0.25) is 0 Å². The molecule has 9 nitrogen and oxygen atoms in total. The van der Waals surface area contributed by atoms with Gasteiger partial charge >= 0.3 is 5.97 Å². The molecule has 6 N–H and O–H groups in total. The predicted octanol–water partition coefficient (Wildman–Crippen LogP) is -0.834. The average molecular weight is 326 g/mol. The Morgan fingerprint density at radius 1 is 1.09 bits per heavy atom. The fourth-order valence-corrected chi connectivity index (χ4v) is 1.72.